The smallest absolute Gasteiger partial charge is 0.0620 e. The minimum absolute atomic E-state index is 0.332. The van der Waals surface area contributed by atoms with Crippen LogP contribution in [0, 0.1) is 20.8 Å². The van der Waals surface area contributed by atoms with Gasteiger partial charge in [-0.2, -0.15) is 0 Å². The van der Waals surface area contributed by atoms with Crippen molar-refractivity contribution in [3.63, 3.8) is 0 Å². The lowest BCUT2D eigenvalue weighted by Gasteiger charge is -2.40. The van der Waals surface area contributed by atoms with Crippen molar-refractivity contribution in [3.8, 4) is 33.4 Å². The normalized spacial score (nSPS) is 13.6. The van der Waals surface area contributed by atoms with Crippen molar-refractivity contribution in [1.29, 1.82) is 0 Å². The van der Waals surface area contributed by atoms with E-state index in [1.54, 1.807) is 16.4 Å². The molecule has 0 amide bonds. The van der Waals surface area contributed by atoms with E-state index in [-0.39, 0.29) is 0 Å². The van der Waals surface area contributed by atoms with Gasteiger partial charge < -0.3 is 0 Å². The monoisotopic (exact) mass is 548 g/mol. The first kappa shape index (κ1) is 24.9. The number of hydrogen-bond acceptors (Lipinski definition) is 0. The second-order valence-electron chi connectivity index (χ2n) is 13.0. The molecule has 0 radical (unpaired) electrons. The van der Waals surface area contributed by atoms with Crippen LogP contribution in [0.1, 0.15) is 50.1 Å². The van der Waals surface area contributed by atoms with Crippen molar-refractivity contribution in [2.75, 3.05) is 0 Å². The molecule has 3 aliphatic heterocycles. The van der Waals surface area contributed by atoms with Gasteiger partial charge in [0, 0.05) is 0 Å². The zero-order valence-corrected chi connectivity index (χ0v) is 25.1. The highest BCUT2D eigenvalue weighted by Crippen LogP contribution is 2.37. The highest BCUT2D eigenvalue weighted by molar-refractivity contribution is 6.98. The van der Waals surface area contributed by atoms with Gasteiger partial charge in [0.05, 0.1) is 0 Å². The summed E-state index contributed by atoms with van der Waals surface area (Å²) in [5.41, 5.74) is 26.0. The molecule has 0 aliphatic carbocycles. The van der Waals surface area contributed by atoms with E-state index in [1.807, 2.05) is 0 Å². The average molecular weight is 549 g/mol. The highest BCUT2D eigenvalue weighted by atomic mass is 14.3. The van der Waals surface area contributed by atoms with Gasteiger partial charge in [-0.05, 0) is 123 Å². The van der Waals surface area contributed by atoms with Crippen LogP contribution in [0.15, 0.2) is 109 Å². The summed E-state index contributed by atoms with van der Waals surface area (Å²) in [4.78, 5) is 0. The Hall–Kier alpha value is -4.62. The fourth-order valence-electron chi connectivity index (χ4n) is 8.53. The molecule has 6 aromatic carbocycles. The number of rotatable bonds is 3. The number of hydrogen-bond donors (Lipinski definition) is 0. The minimum Gasteiger partial charge on any atom is -0.0620 e. The molecular formula is C42H33B. The Morgan fingerprint density at radius 1 is 0.372 bits per heavy atom. The molecule has 3 heterocycles. The maximum Gasteiger partial charge on any atom is 0.243 e. The summed E-state index contributed by atoms with van der Waals surface area (Å²) in [5, 5.41) is 0. The first-order valence-corrected chi connectivity index (χ1v) is 15.7. The Kier molecular flexibility index (Phi) is 5.33. The highest BCUT2D eigenvalue weighted by Gasteiger charge is 2.42. The maximum atomic E-state index is 2.52. The van der Waals surface area contributed by atoms with Crippen LogP contribution in [0.3, 0.4) is 0 Å². The SMILES string of the molecule is Cc1ccccc1-c1cc2c3c(c1)Cc1cc(-c4ccccc4C)cc4c1B3c1c(cc(-c3ccccc3C)cc1C4)C2. The predicted octanol–water partition coefficient (Wildman–Crippen LogP) is 7.84. The van der Waals surface area contributed by atoms with Crippen LogP contribution in [0.25, 0.3) is 33.4 Å². The molecule has 0 saturated heterocycles. The molecule has 204 valence electrons. The molecule has 0 atom stereocenters. The van der Waals surface area contributed by atoms with Crippen molar-refractivity contribution in [2.24, 2.45) is 0 Å². The van der Waals surface area contributed by atoms with E-state index in [4.69, 9.17) is 0 Å². The second kappa shape index (κ2) is 9.19. The standard InChI is InChI=1S/C42H33B/c1-25-10-4-7-13-37(25)28-16-31-22-33-18-29(38-14-8-5-11-26(38)2)20-35-24-36-21-30(39-15-9-6-12-27(39)3)19-34-23-32(17-28)40(31)43(41(33)35)42(34)36/h4-21H,22-24H2,1-3H3. The van der Waals surface area contributed by atoms with E-state index in [2.05, 4.69) is 130 Å². The minimum atomic E-state index is 0.332. The van der Waals surface area contributed by atoms with E-state index >= 15 is 0 Å². The molecule has 1 heteroatoms. The molecule has 0 nitrogen and oxygen atoms in total. The van der Waals surface area contributed by atoms with Gasteiger partial charge in [0.25, 0.3) is 0 Å². The summed E-state index contributed by atoms with van der Waals surface area (Å²) in [7, 11) is 0. The van der Waals surface area contributed by atoms with Crippen LogP contribution in [-0.4, -0.2) is 6.71 Å². The van der Waals surface area contributed by atoms with E-state index in [0.717, 1.165) is 19.3 Å². The Bertz CT molecular complexity index is 1830. The fraction of sp³-hybridized carbons (Fsp3) is 0.143. The summed E-state index contributed by atoms with van der Waals surface area (Å²) in [6, 6.07) is 41.7. The first-order valence-electron chi connectivity index (χ1n) is 15.7. The van der Waals surface area contributed by atoms with Crippen LogP contribution in [0.4, 0.5) is 0 Å². The Morgan fingerprint density at radius 3 is 0.884 bits per heavy atom. The Balaban J connectivity index is 1.33. The van der Waals surface area contributed by atoms with E-state index in [0.29, 0.717) is 6.71 Å². The van der Waals surface area contributed by atoms with E-state index < -0.39 is 0 Å². The lowest BCUT2D eigenvalue weighted by atomic mass is 9.28. The summed E-state index contributed by atoms with van der Waals surface area (Å²) >= 11 is 0. The molecule has 0 N–H and O–H groups in total. The van der Waals surface area contributed by atoms with Crippen LogP contribution in [0.2, 0.25) is 0 Å². The Labute approximate surface area is 255 Å². The summed E-state index contributed by atoms with van der Waals surface area (Å²) in [6.07, 6.45) is 3.02. The maximum absolute atomic E-state index is 2.52. The molecule has 0 saturated carbocycles. The molecular weight excluding hydrogens is 515 g/mol. The third-order valence-electron chi connectivity index (χ3n) is 10.4. The largest absolute Gasteiger partial charge is 0.243 e. The molecule has 43 heavy (non-hydrogen) atoms. The first-order chi connectivity index (χ1) is 21.0. The van der Waals surface area contributed by atoms with Crippen LogP contribution < -0.4 is 16.4 Å². The molecule has 3 aliphatic rings. The van der Waals surface area contributed by atoms with E-state index in [9.17, 15) is 0 Å². The molecule has 9 rings (SSSR count). The molecule has 0 spiro atoms. The van der Waals surface area contributed by atoms with Crippen LogP contribution in [-0.2, 0) is 19.3 Å². The van der Waals surface area contributed by atoms with Crippen molar-refractivity contribution in [1.82, 2.24) is 0 Å². The van der Waals surface area contributed by atoms with Crippen molar-refractivity contribution < 1.29 is 0 Å². The van der Waals surface area contributed by atoms with Crippen LogP contribution >= 0.6 is 0 Å². The fourth-order valence-corrected chi connectivity index (χ4v) is 8.53. The topological polar surface area (TPSA) is 0 Å². The predicted molar refractivity (Wildman–Crippen MR) is 183 cm³/mol. The number of benzene rings is 6. The lowest BCUT2D eigenvalue weighted by molar-refractivity contribution is 1.10. The van der Waals surface area contributed by atoms with Gasteiger partial charge in [0.2, 0.25) is 6.71 Å². The lowest BCUT2D eigenvalue weighted by Crippen LogP contribution is -2.64. The van der Waals surface area contributed by atoms with Crippen molar-refractivity contribution in [3.05, 3.63) is 159 Å². The van der Waals surface area contributed by atoms with Gasteiger partial charge in [0.15, 0.2) is 0 Å². The van der Waals surface area contributed by atoms with Crippen molar-refractivity contribution in [2.45, 2.75) is 40.0 Å². The summed E-state index contributed by atoms with van der Waals surface area (Å²) in [6.45, 7) is 7.06. The Morgan fingerprint density at radius 2 is 0.628 bits per heavy atom. The molecule has 0 fully saturated rings. The molecule has 0 bridgehead atoms. The van der Waals surface area contributed by atoms with Gasteiger partial charge in [0.1, 0.15) is 0 Å². The van der Waals surface area contributed by atoms with Gasteiger partial charge in [-0.1, -0.05) is 126 Å². The quantitative estimate of drug-likeness (QED) is 0.197. The third kappa shape index (κ3) is 3.71. The molecule has 0 aromatic heterocycles. The third-order valence-corrected chi connectivity index (χ3v) is 10.4. The van der Waals surface area contributed by atoms with Crippen molar-refractivity contribution >= 4 is 23.1 Å². The van der Waals surface area contributed by atoms with Gasteiger partial charge in [-0.3, -0.25) is 0 Å². The van der Waals surface area contributed by atoms with Gasteiger partial charge >= 0.3 is 0 Å². The average Bonchev–Trinajstić information content (AvgIpc) is 3.01. The van der Waals surface area contributed by atoms with E-state index in [1.165, 1.54) is 83.5 Å². The number of aryl methyl sites for hydroxylation is 3. The van der Waals surface area contributed by atoms with Crippen LogP contribution in [0.5, 0.6) is 0 Å². The molecule has 0 unspecified atom stereocenters. The van der Waals surface area contributed by atoms with Gasteiger partial charge in [-0.15, -0.1) is 0 Å². The zero-order valence-electron chi connectivity index (χ0n) is 25.1. The molecule has 6 aromatic rings. The zero-order chi connectivity index (χ0) is 28.8. The second-order valence-corrected chi connectivity index (χ2v) is 13.0. The summed E-state index contributed by atoms with van der Waals surface area (Å²) < 4.78 is 0. The van der Waals surface area contributed by atoms with Gasteiger partial charge in [-0.25, -0.2) is 0 Å². The summed E-state index contributed by atoms with van der Waals surface area (Å²) in [5.74, 6) is 0.